The molecule has 176 valence electrons. The number of aromatic nitrogens is 4. The van der Waals surface area contributed by atoms with Crippen molar-refractivity contribution in [1.82, 2.24) is 20.0 Å². The Morgan fingerprint density at radius 2 is 1.88 bits per heavy atom. The van der Waals surface area contributed by atoms with E-state index >= 15 is 0 Å². The fraction of sp³-hybridized carbons (Fsp3) is 0.316. The molecule has 0 fully saturated rings. The average molecular weight is 485 g/mol. The molecule has 0 bridgehead atoms. The van der Waals surface area contributed by atoms with Crippen LogP contribution in [0, 0.1) is 0 Å². The molecule has 0 spiro atoms. The minimum atomic E-state index is -4.71. The van der Waals surface area contributed by atoms with E-state index in [0.717, 1.165) is 24.4 Å². The molecule has 0 radical (unpaired) electrons. The van der Waals surface area contributed by atoms with Crippen LogP contribution >= 0.6 is 0 Å². The number of ether oxygens (including phenoxy) is 1. The molecule has 2 heterocycles. The summed E-state index contributed by atoms with van der Waals surface area (Å²) in [6.45, 7) is 4.05. The number of alkyl halides is 3. The van der Waals surface area contributed by atoms with Gasteiger partial charge in [0.05, 0.1) is 22.9 Å². The van der Waals surface area contributed by atoms with Crippen LogP contribution in [0.1, 0.15) is 26.3 Å². The zero-order valence-corrected chi connectivity index (χ0v) is 18.4. The van der Waals surface area contributed by atoms with Gasteiger partial charge in [0.25, 0.3) is 11.5 Å². The van der Waals surface area contributed by atoms with Crippen molar-refractivity contribution in [2.24, 2.45) is 5.73 Å². The van der Waals surface area contributed by atoms with Gasteiger partial charge in [-0.15, -0.1) is 5.10 Å². The third-order valence-electron chi connectivity index (χ3n) is 4.68. The highest BCUT2D eigenvalue weighted by Gasteiger charge is 2.32. The largest absolute Gasteiger partial charge is 0.476 e. The highest BCUT2D eigenvalue weighted by atomic mass is 32.2. The Balaban J connectivity index is 2.26. The summed E-state index contributed by atoms with van der Waals surface area (Å²) in [5.41, 5.74) is 1.49. The van der Waals surface area contributed by atoms with Gasteiger partial charge in [-0.3, -0.25) is 9.59 Å². The Kier molecular flexibility index (Phi) is 5.91. The maximum Gasteiger partial charge on any atom is 0.416 e. The predicted molar refractivity (Wildman–Crippen MR) is 110 cm³/mol. The number of carbonyl (C=O) groups excluding carboxylic acids is 1. The van der Waals surface area contributed by atoms with Gasteiger partial charge in [0.1, 0.15) is 16.2 Å². The number of amides is 1. The number of halogens is 3. The zero-order chi connectivity index (χ0) is 24.8. The number of hydrogen-bond acceptors (Lipinski definition) is 8. The Morgan fingerprint density at radius 1 is 1.21 bits per heavy atom. The Hall–Kier alpha value is -3.55. The number of hydrogen-bond donors (Lipinski definition) is 1. The van der Waals surface area contributed by atoms with E-state index in [1.807, 2.05) is 0 Å². The average Bonchev–Trinajstić information content (AvgIpc) is 2.73. The molecular formula is C19H18F3N5O5S. The number of benzene rings is 1. The molecule has 3 aromatic rings. The van der Waals surface area contributed by atoms with Crippen LogP contribution in [0.15, 0.2) is 40.2 Å². The van der Waals surface area contributed by atoms with Crippen molar-refractivity contribution in [3.63, 3.8) is 0 Å². The van der Waals surface area contributed by atoms with Crippen molar-refractivity contribution in [2.75, 3.05) is 5.75 Å². The van der Waals surface area contributed by atoms with Gasteiger partial charge in [-0.05, 0) is 32.0 Å². The summed E-state index contributed by atoms with van der Waals surface area (Å²) in [5.74, 6) is -1.87. The fourth-order valence-corrected chi connectivity index (χ4v) is 3.74. The van der Waals surface area contributed by atoms with Crippen LogP contribution in [-0.4, -0.2) is 45.7 Å². The van der Waals surface area contributed by atoms with Crippen LogP contribution in [-0.2, 0) is 20.8 Å². The van der Waals surface area contributed by atoms with Crippen LogP contribution < -0.4 is 16.0 Å². The summed E-state index contributed by atoms with van der Waals surface area (Å²) in [5, 5.41) is 6.92. The SMILES string of the molecule is CCS(=O)(=O)c1cc(OC(C)(C)C(N)=O)cnc1-n1nnc2ccc(C(F)(F)F)cc2c1=O. The number of sulfone groups is 1. The maximum absolute atomic E-state index is 13.1. The quantitative estimate of drug-likeness (QED) is 0.554. The Bertz CT molecular complexity index is 1420. The van der Waals surface area contributed by atoms with E-state index < -0.39 is 60.5 Å². The van der Waals surface area contributed by atoms with E-state index in [1.165, 1.54) is 20.8 Å². The topological polar surface area (TPSA) is 147 Å². The Morgan fingerprint density at radius 3 is 2.45 bits per heavy atom. The lowest BCUT2D eigenvalue weighted by Gasteiger charge is -2.23. The van der Waals surface area contributed by atoms with Gasteiger partial charge >= 0.3 is 6.18 Å². The van der Waals surface area contributed by atoms with Crippen LogP contribution in [0.4, 0.5) is 13.2 Å². The van der Waals surface area contributed by atoms with Gasteiger partial charge < -0.3 is 10.5 Å². The first-order valence-electron chi connectivity index (χ1n) is 9.36. The lowest BCUT2D eigenvalue weighted by atomic mass is 10.1. The maximum atomic E-state index is 13.1. The van der Waals surface area contributed by atoms with Crippen molar-refractivity contribution in [1.29, 1.82) is 0 Å². The van der Waals surface area contributed by atoms with Crippen LogP contribution in [0.25, 0.3) is 16.7 Å². The molecule has 0 aliphatic rings. The molecule has 2 aromatic heterocycles. The number of nitrogens with zero attached hydrogens (tertiary/aromatic N) is 4. The molecule has 2 N–H and O–H groups in total. The highest BCUT2D eigenvalue weighted by molar-refractivity contribution is 7.91. The van der Waals surface area contributed by atoms with E-state index in [1.54, 1.807) is 0 Å². The Labute approximate surface area is 185 Å². The minimum absolute atomic E-state index is 0.118. The number of pyridine rings is 1. The van der Waals surface area contributed by atoms with Gasteiger partial charge in [-0.25, -0.2) is 13.4 Å². The van der Waals surface area contributed by atoms with E-state index in [2.05, 4.69) is 15.3 Å². The summed E-state index contributed by atoms with van der Waals surface area (Å²) in [6.07, 6.45) is -3.69. The summed E-state index contributed by atoms with van der Waals surface area (Å²) in [4.78, 5) is 27.9. The second-order valence-corrected chi connectivity index (χ2v) is 9.66. The first-order chi connectivity index (χ1) is 15.2. The normalized spacial score (nSPS) is 12.7. The van der Waals surface area contributed by atoms with Crippen LogP contribution in [0.2, 0.25) is 0 Å². The zero-order valence-electron chi connectivity index (χ0n) is 17.5. The first-order valence-corrected chi connectivity index (χ1v) is 11.0. The first kappa shape index (κ1) is 24.1. The van der Waals surface area contributed by atoms with E-state index in [-0.39, 0.29) is 11.3 Å². The molecule has 14 heteroatoms. The molecule has 0 saturated carbocycles. The van der Waals surface area contributed by atoms with Gasteiger partial charge in [-0.2, -0.15) is 17.9 Å². The van der Waals surface area contributed by atoms with Crippen molar-refractivity contribution in [2.45, 2.75) is 37.4 Å². The van der Waals surface area contributed by atoms with E-state index in [9.17, 15) is 31.2 Å². The number of rotatable bonds is 6. The number of carbonyl (C=O) groups is 1. The van der Waals surface area contributed by atoms with Gasteiger partial charge in [0.2, 0.25) is 0 Å². The van der Waals surface area contributed by atoms with Gasteiger partial charge in [-0.1, -0.05) is 12.1 Å². The fourth-order valence-electron chi connectivity index (χ4n) is 2.72. The van der Waals surface area contributed by atoms with Crippen molar-refractivity contribution in [3.8, 4) is 11.6 Å². The van der Waals surface area contributed by atoms with Crippen LogP contribution in [0.3, 0.4) is 0 Å². The van der Waals surface area contributed by atoms with E-state index in [0.29, 0.717) is 10.7 Å². The lowest BCUT2D eigenvalue weighted by Crippen LogP contribution is -2.43. The minimum Gasteiger partial charge on any atom is -0.476 e. The summed E-state index contributed by atoms with van der Waals surface area (Å²) in [6, 6.07) is 3.36. The highest BCUT2D eigenvalue weighted by Crippen LogP contribution is 2.30. The van der Waals surface area contributed by atoms with Crippen molar-refractivity contribution >= 4 is 26.6 Å². The molecule has 10 nitrogen and oxygen atoms in total. The summed E-state index contributed by atoms with van der Waals surface area (Å²) < 4.78 is 70.6. The molecule has 0 atom stereocenters. The van der Waals surface area contributed by atoms with Crippen molar-refractivity contribution < 1.29 is 31.1 Å². The molecule has 0 saturated heterocycles. The van der Waals surface area contributed by atoms with E-state index in [4.69, 9.17) is 10.5 Å². The standard InChI is InChI=1S/C19H18F3N5O5S/c1-4-33(30,31)14-8-11(32-18(2,3)17(23)29)9-24-15(14)27-16(28)12-7-10(19(20,21)22)5-6-13(12)25-26-27/h5-9H,4H2,1-3H3,(H2,23,29). The molecule has 0 aliphatic carbocycles. The second-order valence-electron chi connectivity index (χ2n) is 7.41. The molecular weight excluding hydrogens is 467 g/mol. The number of nitrogens with two attached hydrogens (primary N) is 1. The van der Waals surface area contributed by atoms with Crippen molar-refractivity contribution in [3.05, 3.63) is 46.4 Å². The van der Waals surface area contributed by atoms with Gasteiger partial charge in [0, 0.05) is 6.07 Å². The smallest absolute Gasteiger partial charge is 0.416 e. The number of primary amides is 1. The monoisotopic (exact) mass is 485 g/mol. The second kappa shape index (κ2) is 8.10. The molecule has 0 aliphatic heterocycles. The number of fused-ring (bicyclic) bond motifs is 1. The molecule has 0 unspecified atom stereocenters. The molecule has 1 amide bonds. The predicted octanol–water partition coefficient (Wildman–Crippen LogP) is 1.63. The summed E-state index contributed by atoms with van der Waals surface area (Å²) >= 11 is 0. The third-order valence-corrected chi connectivity index (χ3v) is 6.41. The molecule has 3 rings (SSSR count). The van der Waals surface area contributed by atoms with Crippen LogP contribution in [0.5, 0.6) is 5.75 Å². The molecule has 1 aromatic carbocycles. The lowest BCUT2D eigenvalue weighted by molar-refractivity contribution is -0.137. The molecule has 33 heavy (non-hydrogen) atoms. The summed E-state index contributed by atoms with van der Waals surface area (Å²) in [7, 11) is -4.04. The third kappa shape index (κ3) is 4.65. The van der Waals surface area contributed by atoms with Gasteiger partial charge in [0.15, 0.2) is 21.3 Å².